The summed E-state index contributed by atoms with van der Waals surface area (Å²) < 4.78 is 20.8. The number of benzene rings is 2. The normalized spacial score (nSPS) is 10.6. The van der Waals surface area contributed by atoms with Gasteiger partial charge in [0, 0.05) is 3.57 Å². The highest BCUT2D eigenvalue weighted by Crippen LogP contribution is 2.26. The Balaban J connectivity index is 1.98. The summed E-state index contributed by atoms with van der Waals surface area (Å²) in [4.78, 5) is 0. The highest BCUT2D eigenvalue weighted by molar-refractivity contribution is 14.1. The van der Waals surface area contributed by atoms with Gasteiger partial charge >= 0.3 is 0 Å². The van der Waals surface area contributed by atoms with Crippen molar-refractivity contribution in [2.75, 3.05) is 6.61 Å². The van der Waals surface area contributed by atoms with E-state index in [2.05, 4.69) is 29.5 Å². The molecule has 2 aromatic rings. The molecule has 0 fully saturated rings. The van der Waals surface area contributed by atoms with E-state index in [0.29, 0.717) is 12.4 Å². The second kappa shape index (κ2) is 8.37. The third-order valence-corrected chi connectivity index (χ3v) is 4.08. The minimum atomic E-state index is -0.290. The van der Waals surface area contributed by atoms with Crippen LogP contribution < -0.4 is 4.74 Å². The molecule has 3 heteroatoms. The van der Waals surface area contributed by atoms with Crippen LogP contribution in [0.5, 0.6) is 5.75 Å². The van der Waals surface area contributed by atoms with Crippen LogP contribution in [0.1, 0.15) is 32.6 Å². The molecule has 0 radical (unpaired) electrons. The summed E-state index contributed by atoms with van der Waals surface area (Å²) in [5, 5.41) is 0. The lowest BCUT2D eigenvalue weighted by Crippen LogP contribution is -1.99. The molecule has 0 atom stereocenters. The molecule has 112 valence electrons. The Morgan fingerprint density at radius 1 is 0.952 bits per heavy atom. The van der Waals surface area contributed by atoms with Gasteiger partial charge in [-0.15, -0.1) is 0 Å². The van der Waals surface area contributed by atoms with Gasteiger partial charge in [-0.25, -0.2) is 4.39 Å². The third kappa shape index (κ3) is 4.99. The average Bonchev–Trinajstić information content (AvgIpc) is 2.49. The number of rotatable bonds is 7. The fourth-order valence-corrected chi connectivity index (χ4v) is 2.51. The van der Waals surface area contributed by atoms with Crippen LogP contribution in [0.2, 0.25) is 0 Å². The monoisotopic (exact) mass is 398 g/mol. The third-order valence-electron chi connectivity index (χ3n) is 3.36. The molecular weight excluding hydrogens is 378 g/mol. The van der Waals surface area contributed by atoms with Crippen molar-refractivity contribution in [3.05, 3.63) is 51.9 Å². The molecule has 2 rings (SSSR count). The van der Waals surface area contributed by atoms with E-state index in [0.717, 1.165) is 24.0 Å². The van der Waals surface area contributed by atoms with Crippen molar-refractivity contribution in [1.29, 1.82) is 0 Å². The molecule has 0 spiro atoms. The zero-order chi connectivity index (χ0) is 15.1. The first-order valence-corrected chi connectivity index (χ1v) is 8.47. The van der Waals surface area contributed by atoms with E-state index in [1.165, 1.54) is 16.4 Å². The van der Waals surface area contributed by atoms with Crippen LogP contribution in [0.15, 0.2) is 42.5 Å². The van der Waals surface area contributed by atoms with Gasteiger partial charge in [0.2, 0.25) is 0 Å². The molecule has 1 nitrogen and oxygen atoms in total. The zero-order valence-electron chi connectivity index (χ0n) is 12.2. The molecule has 0 bridgehead atoms. The first-order valence-electron chi connectivity index (χ1n) is 7.39. The Hall–Kier alpha value is -1.10. The predicted molar refractivity (Wildman–Crippen MR) is 94.2 cm³/mol. The van der Waals surface area contributed by atoms with Gasteiger partial charge < -0.3 is 4.74 Å². The van der Waals surface area contributed by atoms with Crippen molar-refractivity contribution in [3.8, 4) is 16.9 Å². The van der Waals surface area contributed by atoms with E-state index in [-0.39, 0.29) is 5.82 Å². The van der Waals surface area contributed by atoms with Gasteiger partial charge in [-0.1, -0.05) is 44.4 Å². The summed E-state index contributed by atoms with van der Waals surface area (Å²) in [6.45, 7) is 2.75. The van der Waals surface area contributed by atoms with Crippen molar-refractivity contribution in [1.82, 2.24) is 0 Å². The summed E-state index contributed by atoms with van der Waals surface area (Å²) in [5.74, 6) is 0.0577. The van der Waals surface area contributed by atoms with E-state index in [4.69, 9.17) is 4.74 Å². The van der Waals surface area contributed by atoms with E-state index in [9.17, 15) is 4.39 Å². The molecule has 0 aliphatic carbocycles. The highest BCUT2D eigenvalue weighted by Gasteiger charge is 2.06. The lowest BCUT2D eigenvalue weighted by molar-refractivity contribution is 0.290. The second-order valence-electron chi connectivity index (χ2n) is 5.06. The maximum Gasteiger partial charge on any atom is 0.165 e. The van der Waals surface area contributed by atoms with E-state index in [1.54, 1.807) is 12.1 Å². The fraction of sp³-hybridized carbons (Fsp3) is 0.333. The fourth-order valence-electron chi connectivity index (χ4n) is 2.15. The quantitative estimate of drug-likeness (QED) is 0.407. The number of ether oxygens (including phenoxy) is 1. The van der Waals surface area contributed by atoms with Crippen LogP contribution in [0.3, 0.4) is 0 Å². The van der Waals surface area contributed by atoms with Crippen molar-refractivity contribution < 1.29 is 9.13 Å². The Morgan fingerprint density at radius 2 is 1.67 bits per heavy atom. The summed E-state index contributed by atoms with van der Waals surface area (Å²) in [6, 6.07) is 13.2. The minimum Gasteiger partial charge on any atom is -0.491 e. The zero-order valence-corrected chi connectivity index (χ0v) is 14.4. The van der Waals surface area contributed by atoms with E-state index < -0.39 is 0 Å². The lowest BCUT2D eigenvalue weighted by atomic mass is 10.1. The molecule has 0 saturated carbocycles. The molecule has 0 aromatic heterocycles. The molecule has 0 N–H and O–H groups in total. The summed E-state index contributed by atoms with van der Waals surface area (Å²) in [7, 11) is 0. The average molecular weight is 398 g/mol. The van der Waals surface area contributed by atoms with Gasteiger partial charge in [-0.05, 0) is 64.4 Å². The Kier molecular flexibility index (Phi) is 6.49. The summed E-state index contributed by atoms with van der Waals surface area (Å²) in [6.07, 6.45) is 4.52. The van der Waals surface area contributed by atoms with Gasteiger partial charge in [0.1, 0.15) is 0 Å². The smallest absolute Gasteiger partial charge is 0.165 e. The first-order chi connectivity index (χ1) is 10.2. The molecule has 0 aliphatic rings. The summed E-state index contributed by atoms with van der Waals surface area (Å²) in [5.41, 5.74) is 1.89. The summed E-state index contributed by atoms with van der Waals surface area (Å²) >= 11 is 2.26. The van der Waals surface area contributed by atoms with Crippen LogP contribution in [-0.2, 0) is 0 Å². The van der Waals surface area contributed by atoms with Crippen LogP contribution >= 0.6 is 22.6 Å². The molecule has 2 aromatic carbocycles. The van der Waals surface area contributed by atoms with E-state index >= 15 is 0 Å². The number of hydrogen-bond donors (Lipinski definition) is 0. The second-order valence-corrected chi connectivity index (χ2v) is 6.31. The van der Waals surface area contributed by atoms with Gasteiger partial charge in [-0.2, -0.15) is 0 Å². The van der Waals surface area contributed by atoms with Gasteiger partial charge in [0.25, 0.3) is 0 Å². The SMILES string of the molecule is CCCCCCOc1ccc(-c2ccc(I)cc2)cc1F. The standard InChI is InChI=1S/C18H20FIO/c1-2-3-4-5-12-21-18-11-8-15(13-17(18)19)14-6-9-16(20)10-7-14/h6-11,13H,2-5,12H2,1H3. The lowest BCUT2D eigenvalue weighted by Gasteiger charge is -2.09. The number of unbranched alkanes of at least 4 members (excludes halogenated alkanes) is 3. The largest absolute Gasteiger partial charge is 0.491 e. The Bertz CT molecular complexity index is 566. The van der Waals surface area contributed by atoms with E-state index in [1.807, 2.05) is 30.3 Å². The van der Waals surface area contributed by atoms with Crippen molar-refractivity contribution in [3.63, 3.8) is 0 Å². The van der Waals surface area contributed by atoms with Gasteiger partial charge in [-0.3, -0.25) is 0 Å². The van der Waals surface area contributed by atoms with Crippen LogP contribution in [-0.4, -0.2) is 6.61 Å². The molecule has 0 saturated heterocycles. The van der Waals surface area contributed by atoms with Crippen molar-refractivity contribution >= 4 is 22.6 Å². The maximum absolute atomic E-state index is 14.1. The van der Waals surface area contributed by atoms with Crippen molar-refractivity contribution in [2.45, 2.75) is 32.6 Å². The maximum atomic E-state index is 14.1. The van der Waals surface area contributed by atoms with Gasteiger partial charge in [0.05, 0.1) is 6.61 Å². The minimum absolute atomic E-state index is 0.290. The van der Waals surface area contributed by atoms with Crippen LogP contribution in [0.4, 0.5) is 4.39 Å². The predicted octanol–water partition coefficient (Wildman–Crippen LogP) is 6.06. The highest BCUT2D eigenvalue weighted by atomic mass is 127. The van der Waals surface area contributed by atoms with Crippen LogP contribution in [0, 0.1) is 9.39 Å². The molecule has 0 aliphatic heterocycles. The molecular formula is C18H20FIO. The molecule has 0 amide bonds. The number of hydrogen-bond acceptors (Lipinski definition) is 1. The molecule has 21 heavy (non-hydrogen) atoms. The van der Waals surface area contributed by atoms with Gasteiger partial charge in [0.15, 0.2) is 11.6 Å². The topological polar surface area (TPSA) is 9.23 Å². The Labute approximate surface area is 139 Å². The first kappa shape index (κ1) is 16.3. The Morgan fingerprint density at radius 3 is 2.33 bits per heavy atom. The van der Waals surface area contributed by atoms with Crippen molar-refractivity contribution in [2.24, 2.45) is 0 Å². The molecule has 0 unspecified atom stereocenters. The number of halogens is 2. The molecule has 0 heterocycles. The van der Waals surface area contributed by atoms with Crippen LogP contribution in [0.25, 0.3) is 11.1 Å².